The van der Waals surface area contributed by atoms with Crippen molar-refractivity contribution in [2.45, 2.75) is 0 Å². The Balaban J connectivity index is 0.982. The van der Waals surface area contributed by atoms with Crippen LogP contribution in [-0.2, 0) is 0 Å². The first kappa shape index (κ1) is 36.9. The van der Waals surface area contributed by atoms with Crippen LogP contribution in [0.3, 0.4) is 0 Å². The van der Waals surface area contributed by atoms with E-state index in [9.17, 15) is 0 Å². The number of rotatable bonds is 6. The summed E-state index contributed by atoms with van der Waals surface area (Å²) < 4.78 is 6.82. The molecule has 4 nitrogen and oxygen atoms in total. The molecule has 0 aliphatic carbocycles. The summed E-state index contributed by atoms with van der Waals surface area (Å²) in [5.74, 6) is 1.84. The highest BCUT2D eigenvalue weighted by Crippen LogP contribution is 2.44. The normalized spacial score (nSPS) is 11.7. The molecule has 0 atom stereocenters. The van der Waals surface area contributed by atoms with Crippen LogP contribution in [0.25, 0.3) is 133 Å². The lowest BCUT2D eigenvalue weighted by atomic mass is 9.92. The molecule has 2 aromatic heterocycles. The lowest BCUT2D eigenvalue weighted by Crippen LogP contribution is -2.00. The first-order chi connectivity index (χ1) is 32.2. The molecule has 2 heterocycles. The molecule has 11 aromatic carbocycles. The average molecular weight is 828 g/mol. The summed E-state index contributed by atoms with van der Waals surface area (Å²) in [6.45, 7) is 0. The highest BCUT2D eigenvalue weighted by Gasteiger charge is 2.20. The molecule has 0 aliphatic rings. The third kappa shape index (κ3) is 6.42. The van der Waals surface area contributed by atoms with Gasteiger partial charge in [-0.05, 0) is 107 Å². The van der Waals surface area contributed by atoms with Crippen LogP contribution in [0, 0.1) is 0 Å². The number of fused-ring (bicyclic) bond motifs is 7. The quantitative estimate of drug-likeness (QED) is 0.168. The molecule has 0 saturated carbocycles. The first-order valence-electron chi connectivity index (χ1n) is 22.0. The summed E-state index contributed by atoms with van der Waals surface area (Å²) >= 11 is 0. The first-order valence-corrected chi connectivity index (χ1v) is 22.0. The molecule has 13 aromatic rings. The molecular formula is C61H37N3O. The summed E-state index contributed by atoms with van der Waals surface area (Å²) in [5.41, 5.74) is 11.1. The van der Waals surface area contributed by atoms with E-state index in [1.807, 2.05) is 0 Å². The van der Waals surface area contributed by atoms with E-state index in [2.05, 4.69) is 224 Å². The molecule has 13 rings (SSSR count). The molecule has 4 heteroatoms. The zero-order valence-corrected chi connectivity index (χ0v) is 35.1. The van der Waals surface area contributed by atoms with Crippen LogP contribution in [0.15, 0.2) is 229 Å². The minimum absolute atomic E-state index is 0.603. The maximum absolute atomic E-state index is 6.82. The van der Waals surface area contributed by atoms with Crippen molar-refractivity contribution in [2.24, 2.45) is 0 Å². The molecule has 0 bridgehead atoms. The van der Waals surface area contributed by atoms with Crippen molar-refractivity contribution >= 4 is 65.0 Å². The number of hydrogen-bond acceptors (Lipinski definition) is 4. The number of benzene rings is 11. The van der Waals surface area contributed by atoms with E-state index in [1.54, 1.807) is 0 Å². The summed E-state index contributed by atoms with van der Waals surface area (Å²) in [4.78, 5) is 15.7. The van der Waals surface area contributed by atoms with Crippen molar-refractivity contribution in [3.05, 3.63) is 224 Å². The Labute approximate surface area is 374 Å². The van der Waals surface area contributed by atoms with E-state index in [0.717, 1.165) is 88.2 Å². The van der Waals surface area contributed by atoms with Crippen LogP contribution < -0.4 is 0 Å². The second-order valence-corrected chi connectivity index (χ2v) is 16.8. The predicted octanol–water partition coefficient (Wildman–Crippen LogP) is 16.4. The van der Waals surface area contributed by atoms with Crippen molar-refractivity contribution in [1.29, 1.82) is 0 Å². The minimum atomic E-state index is 0.603. The molecule has 0 radical (unpaired) electrons. The highest BCUT2D eigenvalue weighted by atomic mass is 16.3. The fourth-order valence-corrected chi connectivity index (χ4v) is 9.59. The molecule has 0 amide bonds. The molecule has 0 saturated heterocycles. The van der Waals surface area contributed by atoms with E-state index in [4.69, 9.17) is 19.4 Å². The van der Waals surface area contributed by atoms with Crippen LogP contribution in [0.5, 0.6) is 0 Å². The molecule has 0 N–H and O–H groups in total. The van der Waals surface area contributed by atoms with Crippen molar-refractivity contribution in [2.75, 3.05) is 0 Å². The Morgan fingerprint density at radius 2 is 0.723 bits per heavy atom. The van der Waals surface area contributed by atoms with Gasteiger partial charge in [-0.1, -0.05) is 188 Å². The summed E-state index contributed by atoms with van der Waals surface area (Å²) in [6, 6.07) is 79.5. The number of aromatic nitrogens is 3. The van der Waals surface area contributed by atoms with Gasteiger partial charge in [0.1, 0.15) is 11.2 Å². The minimum Gasteiger partial charge on any atom is -0.455 e. The van der Waals surface area contributed by atoms with Crippen molar-refractivity contribution < 1.29 is 4.42 Å². The SMILES string of the molecule is c1ccc2cc(-c3ccc(-c4nc(-c5ccc6ccccc6c5)nc(-c5cc(-c6cccc7oc8c(-c9ccc%10ccccc%10c9)cccc8c67)c6ccccc6c5)n4)cc3)ccc2c1. The van der Waals surface area contributed by atoms with Crippen LogP contribution in [0.1, 0.15) is 0 Å². The Hall–Kier alpha value is -8.73. The van der Waals surface area contributed by atoms with Gasteiger partial charge < -0.3 is 4.42 Å². The lowest BCUT2D eigenvalue weighted by Gasteiger charge is -2.13. The second-order valence-electron chi connectivity index (χ2n) is 16.8. The average Bonchev–Trinajstić information content (AvgIpc) is 3.77. The fraction of sp³-hybridized carbons (Fsp3) is 0. The number of hydrogen-bond donors (Lipinski definition) is 0. The molecule has 0 fully saturated rings. The van der Waals surface area contributed by atoms with Gasteiger partial charge in [0, 0.05) is 33.0 Å². The molecule has 0 aliphatic heterocycles. The number of para-hydroxylation sites is 1. The largest absolute Gasteiger partial charge is 0.455 e. The predicted molar refractivity (Wildman–Crippen MR) is 270 cm³/mol. The fourth-order valence-electron chi connectivity index (χ4n) is 9.59. The van der Waals surface area contributed by atoms with E-state index in [-0.39, 0.29) is 0 Å². The van der Waals surface area contributed by atoms with Gasteiger partial charge in [0.05, 0.1) is 0 Å². The lowest BCUT2D eigenvalue weighted by molar-refractivity contribution is 0.670. The zero-order chi connectivity index (χ0) is 42.8. The smallest absolute Gasteiger partial charge is 0.164 e. The van der Waals surface area contributed by atoms with E-state index < -0.39 is 0 Å². The maximum Gasteiger partial charge on any atom is 0.164 e. The van der Waals surface area contributed by atoms with Gasteiger partial charge in [-0.2, -0.15) is 0 Å². The van der Waals surface area contributed by atoms with Gasteiger partial charge >= 0.3 is 0 Å². The number of furan rings is 1. The van der Waals surface area contributed by atoms with Gasteiger partial charge in [-0.15, -0.1) is 0 Å². The van der Waals surface area contributed by atoms with Crippen LogP contribution in [-0.4, -0.2) is 15.0 Å². The molecule has 0 unspecified atom stereocenters. The van der Waals surface area contributed by atoms with Crippen molar-refractivity contribution in [1.82, 2.24) is 15.0 Å². The van der Waals surface area contributed by atoms with Crippen LogP contribution in [0.4, 0.5) is 0 Å². The Bertz CT molecular complexity index is 4020. The Kier molecular flexibility index (Phi) is 8.50. The summed E-state index contributed by atoms with van der Waals surface area (Å²) in [7, 11) is 0. The standard InChI is InChI=1S/C61H37N3O/c1-4-14-43-33-46(30-25-38(43)11-1)41-23-28-42(29-24-41)59-62-60(49-32-27-40-13-3-6-16-45(40)35-49)64-61(63-59)50-36-47-17-7-8-18-51(47)55(37-50)53-20-10-22-56-57(53)54-21-9-19-52(58(54)65-56)48-31-26-39-12-2-5-15-44(39)34-48/h1-37H. The number of nitrogens with zero attached hydrogens (tertiary/aromatic N) is 3. The Morgan fingerprint density at radius 1 is 0.262 bits per heavy atom. The third-order valence-electron chi connectivity index (χ3n) is 12.9. The van der Waals surface area contributed by atoms with Crippen LogP contribution >= 0.6 is 0 Å². The second kappa shape index (κ2) is 15.0. The van der Waals surface area contributed by atoms with E-state index in [0.29, 0.717) is 17.5 Å². The van der Waals surface area contributed by atoms with Crippen LogP contribution in [0.2, 0.25) is 0 Å². The van der Waals surface area contributed by atoms with Crippen molar-refractivity contribution in [3.63, 3.8) is 0 Å². The third-order valence-corrected chi connectivity index (χ3v) is 12.9. The van der Waals surface area contributed by atoms with Gasteiger partial charge in [0.2, 0.25) is 0 Å². The summed E-state index contributed by atoms with van der Waals surface area (Å²) in [6.07, 6.45) is 0. The topological polar surface area (TPSA) is 51.8 Å². The van der Waals surface area contributed by atoms with Gasteiger partial charge in [-0.3, -0.25) is 0 Å². The molecule has 302 valence electrons. The van der Waals surface area contributed by atoms with Gasteiger partial charge in [0.25, 0.3) is 0 Å². The maximum atomic E-state index is 6.82. The van der Waals surface area contributed by atoms with Gasteiger partial charge in [0.15, 0.2) is 17.5 Å². The monoisotopic (exact) mass is 827 g/mol. The molecular weight excluding hydrogens is 791 g/mol. The molecule has 0 spiro atoms. The van der Waals surface area contributed by atoms with E-state index in [1.165, 1.54) is 26.9 Å². The Morgan fingerprint density at radius 3 is 1.42 bits per heavy atom. The van der Waals surface area contributed by atoms with Gasteiger partial charge in [-0.25, -0.2) is 15.0 Å². The van der Waals surface area contributed by atoms with Crippen molar-refractivity contribution in [3.8, 4) is 67.5 Å². The summed E-state index contributed by atoms with van der Waals surface area (Å²) in [5, 5.41) is 11.5. The highest BCUT2D eigenvalue weighted by molar-refractivity contribution is 6.18. The molecule has 65 heavy (non-hydrogen) atoms. The zero-order valence-electron chi connectivity index (χ0n) is 35.1. The van der Waals surface area contributed by atoms with E-state index >= 15 is 0 Å².